The van der Waals surface area contributed by atoms with Crippen LogP contribution < -0.4 is 10.6 Å². The molecule has 0 bridgehead atoms. The van der Waals surface area contributed by atoms with Crippen LogP contribution in [-0.4, -0.2) is 77.0 Å². The largest absolute Gasteiger partial charge is 0.465 e. The molecule has 2 aliphatic heterocycles. The minimum Gasteiger partial charge on any atom is -0.465 e. The van der Waals surface area contributed by atoms with Crippen LogP contribution in [-0.2, 0) is 9.59 Å². The molecule has 6 N–H and O–H groups in total. The van der Waals surface area contributed by atoms with Gasteiger partial charge in [-0.2, -0.15) is 0 Å². The van der Waals surface area contributed by atoms with E-state index in [-0.39, 0.29) is 23.9 Å². The van der Waals surface area contributed by atoms with Gasteiger partial charge in [0.15, 0.2) is 0 Å². The van der Waals surface area contributed by atoms with Crippen molar-refractivity contribution >= 4 is 56.8 Å². The number of benzene rings is 6. The molecule has 2 aliphatic rings. The second kappa shape index (κ2) is 16.7. The molecule has 320 valence electrons. The van der Waals surface area contributed by atoms with Crippen LogP contribution in [0.15, 0.2) is 133 Å². The van der Waals surface area contributed by atoms with Crippen molar-refractivity contribution in [3.63, 3.8) is 0 Å². The monoisotopic (exact) mass is 852 g/mol. The van der Waals surface area contributed by atoms with Gasteiger partial charge < -0.3 is 40.6 Å². The van der Waals surface area contributed by atoms with E-state index >= 15 is 0 Å². The molecule has 0 saturated carbocycles. The molecule has 2 unspecified atom stereocenters. The molecule has 10 rings (SSSR count). The number of carboxylic acid groups (broad SMARTS) is 2. The molecule has 0 aliphatic carbocycles. The van der Waals surface area contributed by atoms with Crippen molar-refractivity contribution in [2.45, 2.75) is 49.9 Å². The lowest BCUT2D eigenvalue weighted by Gasteiger charge is -2.28. The smallest absolute Gasteiger partial charge is 0.405 e. The average molecular weight is 853 g/mol. The molecular formula is C50H44N8O6. The highest BCUT2D eigenvalue weighted by molar-refractivity contribution is 5.94. The number of rotatable bonds is 10. The highest BCUT2D eigenvalue weighted by Gasteiger charge is 2.38. The first-order valence-electron chi connectivity index (χ1n) is 21.4. The van der Waals surface area contributed by atoms with Crippen molar-refractivity contribution in [2.24, 2.45) is 0 Å². The second-order valence-corrected chi connectivity index (χ2v) is 16.5. The highest BCUT2D eigenvalue weighted by Crippen LogP contribution is 2.37. The molecule has 14 nitrogen and oxygen atoms in total. The summed E-state index contributed by atoms with van der Waals surface area (Å²) in [7, 11) is 0. The van der Waals surface area contributed by atoms with Crippen LogP contribution in [0.4, 0.5) is 9.59 Å². The number of fused-ring (bicyclic) bond motifs is 3. The van der Waals surface area contributed by atoms with Gasteiger partial charge in [-0.25, -0.2) is 19.6 Å². The van der Waals surface area contributed by atoms with Crippen LogP contribution in [0.5, 0.6) is 0 Å². The number of hydrogen-bond donors (Lipinski definition) is 6. The van der Waals surface area contributed by atoms with Crippen LogP contribution in [0.25, 0.3) is 55.1 Å². The fraction of sp³-hybridized carbons (Fsp3) is 0.200. The van der Waals surface area contributed by atoms with Gasteiger partial charge in [0.25, 0.3) is 11.8 Å². The molecule has 4 amide bonds. The fourth-order valence-electron chi connectivity index (χ4n) is 9.41. The molecule has 4 heterocycles. The summed E-state index contributed by atoms with van der Waals surface area (Å²) in [5, 5.41) is 26.1. The van der Waals surface area contributed by atoms with E-state index in [0.717, 1.165) is 67.9 Å². The zero-order valence-corrected chi connectivity index (χ0v) is 34.6. The summed E-state index contributed by atoms with van der Waals surface area (Å²) in [6.07, 6.45) is 0.435. The third kappa shape index (κ3) is 7.74. The molecule has 14 heteroatoms. The Morgan fingerprint density at radius 1 is 0.531 bits per heavy atom. The maximum atomic E-state index is 13.9. The van der Waals surface area contributed by atoms with Crippen molar-refractivity contribution < 1.29 is 29.4 Å². The normalized spacial score (nSPS) is 17.2. The molecule has 2 saturated heterocycles. The Balaban J connectivity index is 0.887. The number of likely N-dealkylation sites (tertiary alicyclic amines) is 2. The third-order valence-electron chi connectivity index (χ3n) is 12.5. The van der Waals surface area contributed by atoms with E-state index in [1.54, 1.807) is 58.3 Å². The van der Waals surface area contributed by atoms with Gasteiger partial charge in [0.1, 0.15) is 23.7 Å². The number of carbonyl (C=O) groups is 4. The van der Waals surface area contributed by atoms with Crippen molar-refractivity contribution in [3.05, 3.63) is 156 Å². The van der Waals surface area contributed by atoms with Crippen LogP contribution in [0.1, 0.15) is 72.6 Å². The summed E-state index contributed by atoms with van der Waals surface area (Å²) in [6, 6.07) is 40.1. The van der Waals surface area contributed by atoms with Crippen molar-refractivity contribution in [2.75, 3.05) is 13.1 Å². The number of nitrogens with zero attached hydrogens (tertiary/aromatic N) is 4. The summed E-state index contributed by atoms with van der Waals surface area (Å²) >= 11 is 0. The first-order valence-corrected chi connectivity index (χ1v) is 21.4. The Kier molecular flexibility index (Phi) is 10.5. The van der Waals surface area contributed by atoms with Gasteiger partial charge in [-0.3, -0.25) is 9.59 Å². The first-order chi connectivity index (χ1) is 31.2. The Labute approximate surface area is 367 Å². The van der Waals surface area contributed by atoms with E-state index in [1.165, 1.54) is 0 Å². The number of aromatic nitrogens is 4. The van der Waals surface area contributed by atoms with Crippen LogP contribution in [0, 0.1) is 0 Å². The average Bonchev–Trinajstić information content (AvgIpc) is 4.15. The Hall–Kier alpha value is -8.00. The van der Waals surface area contributed by atoms with Gasteiger partial charge in [0, 0.05) is 13.1 Å². The summed E-state index contributed by atoms with van der Waals surface area (Å²) < 4.78 is 0. The summed E-state index contributed by atoms with van der Waals surface area (Å²) in [5.74, 6) is 0.723. The Bertz CT molecular complexity index is 2870. The van der Waals surface area contributed by atoms with E-state index in [9.17, 15) is 29.4 Å². The lowest BCUT2D eigenvalue weighted by atomic mass is 9.97. The third-order valence-corrected chi connectivity index (χ3v) is 12.5. The molecule has 0 radical (unpaired) electrons. The van der Waals surface area contributed by atoms with Gasteiger partial charge >= 0.3 is 12.2 Å². The quantitative estimate of drug-likeness (QED) is 0.0783. The molecule has 6 aromatic carbocycles. The van der Waals surface area contributed by atoms with E-state index in [1.807, 2.05) is 36.4 Å². The predicted molar refractivity (Wildman–Crippen MR) is 242 cm³/mol. The number of hydrogen-bond acceptors (Lipinski definition) is 6. The maximum absolute atomic E-state index is 13.9. The first kappa shape index (κ1) is 40.1. The highest BCUT2D eigenvalue weighted by atomic mass is 16.4. The minimum atomic E-state index is -1.26. The number of imidazole rings is 2. The number of nitrogens with one attached hydrogen (secondary N) is 4. The zero-order valence-electron chi connectivity index (χ0n) is 34.6. The van der Waals surface area contributed by atoms with Gasteiger partial charge in [0.05, 0.1) is 34.2 Å². The molecule has 4 atom stereocenters. The lowest BCUT2D eigenvalue weighted by molar-refractivity contribution is -0.135. The number of aromatic amines is 2. The summed E-state index contributed by atoms with van der Waals surface area (Å²) in [4.78, 5) is 71.5. The van der Waals surface area contributed by atoms with Gasteiger partial charge in [-0.15, -0.1) is 0 Å². The second-order valence-electron chi connectivity index (χ2n) is 16.5. The molecule has 0 spiro atoms. The molecule has 2 aromatic heterocycles. The van der Waals surface area contributed by atoms with E-state index in [4.69, 9.17) is 9.97 Å². The fourth-order valence-corrected chi connectivity index (χ4v) is 9.41. The van der Waals surface area contributed by atoms with Gasteiger partial charge in [-0.1, -0.05) is 97.1 Å². The van der Waals surface area contributed by atoms with Crippen molar-refractivity contribution in [1.82, 2.24) is 40.4 Å². The van der Waals surface area contributed by atoms with Crippen molar-refractivity contribution in [1.29, 1.82) is 0 Å². The zero-order chi connectivity index (χ0) is 43.9. The van der Waals surface area contributed by atoms with E-state index in [0.29, 0.717) is 48.7 Å². The number of H-pyrrole nitrogens is 2. The van der Waals surface area contributed by atoms with Crippen LogP contribution in [0.2, 0.25) is 0 Å². The molecular weight excluding hydrogens is 809 g/mol. The van der Waals surface area contributed by atoms with Gasteiger partial charge in [-0.05, 0) is 106 Å². The SMILES string of the molecule is O=C(O)NC(C(=O)N1CCC[C@H]1c1nc2ccc(-c3ccc4ccc(-c5ccc6nc([C@@H]7CCCN7C(=O)C(NC(=O)O)c7ccccc7)[nH]c6c5)cc4c3)cc2[nH]1)c1ccccc1. The van der Waals surface area contributed by atoms with Crippen LogP contribution >= 0.6 is 0 Å². The standard InChI is InChI=1S/C50H44N8O6/c59-47(43(55-49(61)62)30-9-3-1-4-10-30)57-23-7-13-41(57)45-51-37-21-19-34(27-39(37)53-45)32-17-15-29-16-18-33(26-36(29)25-32)35-20-22-38-40(28-35)54-46(52-38)42-14-8-24-58(42)48(60)44(56-50(63)64)31-11-5-2-6-12-31/h1-6,9-12,15-22,25-28,41-44,55-56H,7-8,13-14,23-24H2,(H,51,53)(H,52,54)(H,61,62)(H,63,64)/t41-,42-,43?,44?/m0/s1. The maximum Gasteiger partial charge on any atom is 0.405 e. The topological polar surface area (TPSA) is 197 Å². The minimum absolute atomic E-state index is 0.308. The molecule has 64 heavy (non-hydrogen) atoms. The summed E-state index contributed by atoms with van der Waals surface area (Å²) in [5.41, 5.74) is 8.48. The molecule has 8 aromatic rings. The lowest BCUT2D eigenvalue weighted by Crippen LogP contribution is -2.42. The van der Waals surface area contributed by atoms with E-state index in [2.05, 4.69) is 69.1 Å². The molecule has 2 fully saturated rings. The van der Waals surface area contributed by atoms with E-state index < -0.39 is 24.3 Å². The van der Waals surface area contributed by atoms with Crippen molar-refractivity contribution in [3.8, 4) is 22.3 Å². The summed E-state index contributed by atoms with van der Waals surface area (Å²) in [6.45, 7) is 0.999. The number of carbonyl (C=O) groups excluding carboxylic acids is 2. The Morgan fingerprint density at radius 3 is 1.36 bits per heavy atom. The Morgan fingerprint density at radius 2 is 0.938 bits per heavy atom. The number of amides is 4. The predicted octanol–water partition coefficient (Wildman–Crippen LogP) is 9.27. The van der Waals surface area contributed by atoms with Crippen LogP contribution in [0.3, 0.4) is 0 Å². The van der Waals surface area contributed by atoms with Gasteiger partial charge in [0.2, 0.25) is 0 Å².